The monoisotopic (exact) mass is 1160 g/mol. The maximum absolute atomic E-state index is 13.0. The molecule has 0 aromatic carbocycles. The molecule has 0 aromatic heterocycles. The number of hydrogen-bond donors (Lipinski definition) is 0. The molecule has 0 heterocycles. The highest BCUT2D eigenvalue weighted by Gasteiger charge is 2.19. The Hall–Kier alpha value is -2.89. The number of allylic oxidation sites excluding steroid dienone is 10. The van der Waals surface area contributed by atoms with Gasteiger partial charge in [0.05, 0.1) is 0 Å². The van der Waals surface area contributed by atoms with Gasteiger partial charge in [0, 0.05) is 19.3 Å². The van der Waals surface area contributed by atoms with E-state index in [1.807, 2.05) is 0 Å². The standard InChI is InChI=1S/C77H140O6/c1-4-7-10-13-16-19-22-25-27-29-31-33-35-36-37-38-39-40-42-43-45-47-49-52-55-58-61-64-67-70-76(79)82-73-74(72-81-75(78)69-66-63-60-57-54-51-24-21-18-15-12-9-6-3)83-77(80)71-68-65-62-59-56-53-50-48-46-44-41-34-32-30-28-26-23-20-17-14-11-8-5-2/h9,12,18,21,29-32,51,54,74H,4-8,10-11,13-17,19-20,22-28,33-50,52-53,55-73H2,1-3H3/b12-9-,21-18-,31-29-,32-30-,54-51-. The molecule has 484 valence electrons. The molecular formula is C77H140O6. The SMILES string of the molecule is CC/C=C\C/C=C\C/C=C\CCCCCC(=O)OCC(COC(=O)CCCCCCCCCCCCCCCCCCC/C=C\CCCCCCCCCC)OC(=O)CCCCCCCCCCCCC/C=C\CCCCCCCCCC. The van der Waals surface area contributed by atoms with E-state index < -0.39 is 6.10 Å². The van der Waals surface area contributed by atoms with Gasteiger partial charge in [-0.25, -0.2) is 0 Å². The van der Waals surface area contributed by atoms with Gasteiger partial charge >= 0.3 is 17.9 Å². The molecule has 83 heavy (non-hydrogen) atoms. The van der Waals surface area contributed by atoms with Crippen molar-refractivity contribution < 1.29 is 28.6 Å². The van der Waals surface area contributed by atoms with Crippen LogP contribution in [0.15, 0.2) is 60.8 Å². The number of rotatable bonds is 68. The van der Waals surface area contributed by atoms with Crippen molar-refractivity contribution in [3.05, 3.63) is 60.8 Å². The quantitative estimate of drug-likeness (QED) is 0.0261. The summed E-state index contributed by atoms with van der Waals surface area (Å²) in [6, 6.07) is 0. The number of unbranched alkanes of at least 4 members (excludes halogenated alkanes) is 47. The Balaban J connectivity index is 4.21. The lowest BCUT2D eigenvalue weighted by molar-refractivity contribution is -0.167. The highest BCUT2D eigenvalue weighted by Crippen LogP contribution is 2.18. The van der Waals surface area contributed by atoms with Crippen molar-refractivity contribution in [3.8, 4) is 0 Å². The molecule has 0 bridgehead atoms. The third kappa shape index (κ3) is 69.8. The minimum Gasteiger partial charge on any atom is -0.462 e. The van der Waals surface area contributed by atoms with E-state index in [-0.39, 0.29) is 31.1 Å². The topological polar surface area (TPSA) is 78.9 Å². The van der Waals surface area contributed by atoms with Crippen LogP contribution in [-0.2, 0) is 28.6 Å². The first-order chi connectivity index (χ1) is 41.0. The van der Waals surface area contributed by atoms with E-state index in [1.165, 1.54) is 270 Å². The van der Waals surface area contributed by atoms with Crippen LogP contribution in [0.25, 0.3) is 0 Å². The van der Waals surface area contributed by atoms with Crippen LogP contribution >= 0.6 is 0 Å². The zero-order chi connectivity index (χ0) is 59.9. The van der Waals surface area contributed by atoms with Crippen molar-refractivity contribution in [2.24, 2.45) is 0 Å². The minimum absolute atomic E-state index is 0.0804. The van der Waals surface area contributed by atoms with Crippen molar-refractivity contribution in [2.45, 2.75) is 399 Å². The van der Waals surface area contributed by atoms with Crippen LogP contribution in [0.1, 0.15) is 393 Å². The first kappa shape index (κ1) is 80.1. The van der Waals surface area contributed by atoms with Gasteiger partial charge in [0.1, 0.15) is 13.2 Å². The first-order valence-corrected chi connectivity index (χ1v) is 36.8. The molecular weight excluding hydrogens is 1020 g/mol. The lowest BCUT2D eigenvalue weighted by Crippen LogP contribution is -2.30. The fourth-order valence-corrected chi connectivity index (χ4v) is 11.0. The van der Waals surface area contributed by atoms with Gasteiger partial charge in [-0.1, -0.05) is 332 Å². The number of carbonyl (C=O) groups excluding carboxylic acids is 3. The molecule has 0 radical (unpaired) electrons. The first-order valence-electron chi connectivity index (χ1n) is 36.8. The van der Waals surface area contributed by atoms with Crippen LogP contribution in [0.5, 0.6) is 0 Å². The number of esters is 3. The van der Waals surface area contributed by atoms with Crippen LogP contribution < -0.4 is 0 Å². The van der Waals surface area contributed by atoms with Crippen LogP contribution in [0, 0.1) is 0 Å². The van der Waals surface area contributed by atoms with E-state index in [4.69, 9.17) is 14.2 Å². The van der Waals surface area contributed by atoms with E-state index in [2.05, 4.69) is 81.5 Å². The van der Waals surface area contributed by atoms with Crippen LogP contribution in [0.3, 0.4) is 0 Å². The lowest BCUT2D eigenvalue weighted by atomic mass is 10.0. The largest absolute Gasteiger partial charge is 0.462 e. The molecule has 0 N–H and O–H groups in total. The van der Waals surface area contributed by atoms with E-state index in [0.717, 1.165) is 83.5 Å². The van der Waals surface area contributed by atoms with Gasteiger partial charge in [-0.15, -0.1) is 0 Å². The summed E-state index contributed by atoms with van der Waals surface area (Å²) in [5, 5.41) is 0. The van der Waals surface area contributed by atoms with Gasteiger partial charge in [0.2, 0.25) is 0 Å². The lowest BCUT2D eigenvalue weighted by Gasteiger charge is -2.18. The van der Waals surface area contributed by atoms with E-state index >= 15 is 0 Å². The molecule has 0 aliphatic heterocycles. The second kappa shape index (κ2) is 71.6. The summed E-state index contributed by atoms with van der Waals surface area (Å²) in [5.41, 5.74) is 0. The van der Waals surface area contributed by atoms with Gasteiger partial charge in [0.25, 0.3) is 0 Å². The summed E-state index contributed by atoms with van der Waals surface area (Å²) >= 11 is 0. The average Bonchev–Trinajstić information content (AvgIpc) is 3.49. The zero-order valence-electron chi connectivity index (χ0n) is 55.7. The van der Waals surface area contributed by atoms with Gasteiger partial charge in [-0.05, 0) is 103 Å². The predicted octanol–water partition coefficient (Wildman–Crippen LogP) is 25.5. The number of carbonyl (C=O) groups is 3. The Morgan fingerprint density at radius 2 is 0.470 bits per heavy atom. The Morgan fingerprint density at radius 3 is 0.759 bits per heavy atom. The Morgan fingerprint density at radius 1 is 0.253 bits per heavy atom. The van der Waals surface area contributed by atoms with Gasteiger partial charge in [-0.3, -0.25) is 14.4 Å². The highest BCUT2D eigenvalue weighted by molar-refractivity contribution is 5.71. The van der Waals surface area contributed by atoms with E-state index in [1.54, 1.807) is 0 Å². The van der Waals surface area contributed by atoms with Gasteiger partial charge in [-0.2, -0.15) is 0 Å². The third-order valence-corrected chi connectivity index (χ3v) is 16.5. The van der Waals surface area contributed by atoms with Crippen molar-refractivity contribution in [2.75, 3.05) is 13.2 Å². The Bertz CT molecular complexity index is 1470. The molecule has 1 atom stereocenters. The maximum Gasteiger partial charge on any atom is 0.306 e. The molecule has 6 heteroatoms. The van der Waals surface area contributed by atoms with E-state index in [0.29, 0.717) is 19.3 Å². The van der Waals surface area contributed by atoms with Crippen molar-refractivity contribution in [3.63, 3.8) is 0 Å². The van der Waals surface area contributed by atoms with Crippen LogP contribution in [-0.4, -0.2) is 37.2 Å². The molecule has 0 aliphatic rings. The summed E-state index contributed by atoms with van der Waals surface area (Å²) in [5.74, 6) is -0.888. The van der Waals surface area contributed by atoms with Crippen LogP contribution in [0.2, 0.25) is 0 Å². The van der Waals surface area contributed by atoms with Gasteiger partial charge in [0.15, 0.2) is 6.10 Å². The predicted molar refractivity (Wildman–Crippen MR) is 362 cm³/mol. The molecule has 0 aliphatic carbocycles. The van der Waals surface area contributed by atoms with Gasteiger partial charge < -0.3 is 14.2 Å². The smallest absolute Gasteiger partial charge is 0.306 e. The maximum atomic E-state index is 13.0. The number of ether oxygens (including phenoxy) is 3. The molecule has 0 spiro atoms. The third-order valence-electron chi connectivity index (χ3n) is 16.5. The van der Waals surface area contributed by atoms with Crippen molar-refractivity contribution in [1.82, 2.24) is 0 Å². The van der Waals surface area contributed by atoms with Crippen molar-refractivity contribution in [1.29, 1.82) is 0 Å². The normalized spacial score (nSPS) is 12.4. The summed E-state index contributed by atoms with van der Waals surface area (Å²) < 4.78 is 17.0. The summed E-state index contributed by atoms with van der Waals surface area (Å²) in [4.78, 5) is 38.4. The average molecular weight is 1160 g/mol. The molecule has 0 rings (SSSR count). The Labute approximate surface area is 517 Å². The molecule has 0 saturated heterocycles. The summed E-state index contributed by atoms with van der Waals surface area (Å²) in [6.45, 7) is 6.56. The second-order valence-electron chi connectivity index (χ2n) is 24.8. The molecule has 6 nitrogen and oxygen atoms in total. The summed E-state index contributed by atoms with van der Waals surface area (Å²) in [6.07, 6.45) is 92.8. The fraction of sp³-hybridized carbons (Fsp3) is 0.831. The summed E-state index contributed by atoms with van der Waals surface area (Å²) in [7, 11) is 0. The molecule has 0 amide bonds. The fourth-order valence-electron chi connectivity index (χ4n) is 11.0. The zero-order valence-corrected chi connectivity index (χ0v) is 55.7. The van der Waals surface area contributed by atoms with Crippen LogP contribution in [0.4, 0.5) is 0 Å². The molecule has 0 saturated carbocycles. The number of hydrogen-bond acceptors (Lipinski definition) is 6. The molecule has 0 fully saturated rings. The Kier molecular flexibility index (Phi) is 69.1. The molecule has 0 aromatic rings. The minimum atomic E-state index is -0.787. The highest BCUT2D eigenvalue weighted by atomic mass is 16.6. The molecule has 1 unspecified atom stereocenters. The second-order valence-corrected chi connectivity index (χ2v) is 24.8. The van der Waals surface area contributed by atoms with E-state index in [9.17, 15) is 14.4 Å². The van der Waals surface area contributed by atoms with Crippen molar-refractivity contribution >= 4 is 17.9 Å².